The molecule has 1 heterocycles. The van der Waals surface area contributed by atoms with E-state index >= 15 is 0 Å². The summed E-state index contributed by atoms with van der Waals surface area (Å²) in [5, 5.41) is 0. The van der Waals surface area contributed by atoms with Crippen LogP contribution in [0.4, 0.5) is 0 Å². The molecule has 0 saturated carbocycles. The maximum atomic E-state index is 13.4. The average Bonchev–Trinajstić information content (AvgIpc) is 3.09. The van der Waals surface area contributed by atoms with E-state index in [0.717, 1.165) is 34.6 Å². The number of benzene rings is 2. The molecule has 2 aromatic rings. The Hall–Kier alpha value is -2.36. The number of thiocarbonyl (C=S) groups is 1. The molecule has 3 rings (SSSR count). The van der Waals surface area contributed by atoms with Crippen molar-refractivity contribution in [2.24, 2.45) is 0 Å². The number of carbonyl (C=O) groups excluding carboxylic acids is 2. The molecule has 0 aromatic heterocycles. The minimum Gasteiger partial charge on any atom is -0.493 e. The molecule has 6 nitrogen and oxygen atoms in total. The van der Waals surface area contributed by atoms with Gasteiger partial charge in [-0.2, -0.15) is 0 Å². The van der Waals surface area contributed by atoms with E-state index < -0.39 is 12.0 Å². The fourth-order valence-electron chi connectivity index (χ4n) is 3.38. The van der Waals surface area contributed by atoms with Crippen LogP contribution >= 0.6 is 39.9 Å². The number of hydrogen-bond donors (Lipinski definition) is 0. The Labute approximate surface area is 217 Å². The Bertz CT molecular complexity index is 1090. The number of hydrogen-bond acceptors (Lipinski definition) is 7. The number of nitrogens with zero attached hydrogens (tertiary/aromatic N) is 1. The summed E-state index contributed by atoms with van der Waals surface area (Å²) in [6, 6.07) is 11.7. The van der Waals surface area contributed by atoms with Crippen LogP contribution in [0.15, 0.2) is 51.8 Å². The number of amides is 1. The lowest BCUT2D eigenvalue weighted by Gasteiger charge is -2.25. The summed E-state index contributed by atoms with van der Waals surface area (Å²) in [6.45, 7) is 4.61. The molecule has 34 heavy (non-hydrogen) atoms. The normalized spacial score (nSPS) is 15.5. The first-order chi connectivity index (χ1) is 16.4. The van der Waals surface area contributed by atoms with Gasteiger partial charge in [0.15, 0.2) is 17.5 Å². The van der Waals surface area contributed by atoms with E-state index in [1.807, 2.05) is 24.3 Å². The van der Waals surface area contributed by atoms with Crippen LogP contribution in [0.1, 0.15) is 43.9 Å². The molecule has 1 fully saturated rings. The van der Waals surface area contributed by atoms with E-state index in [1.54, 1.807) is 38.3 Å². The zero-order chi connectivity index (χ0) is 24.7. The van der Waals surface area contributed by atoms with Crippen molar-refractivity contribution in [3.8, 4) is 11.5 Å². The Morgan fingerprint density at radius 2 is 1.97 bits per heavy atom. The van der Waals surface area contributed by atoms with Gasteiger partial charge in [-0.25, -0.2) is 4.79 Å². The van der Waals surface area contributed by atoms with Crippen LogP contribution < -0.4 is 9.47 Å². The quantitative estimate of drug-likeness (QED) is 0.149. The van der Waals surface area contributed by atoms with Crippen LogP contribution in [0.25, 0.3) is 6.08 Å². The molecule has 1 aliphatic rings. The topological polar surface area (TPSA) is 65.1 Å². The van der Waals surface area contributed by atoms with Crippen molar-refractivity contribution in [2.45, 2.75) is 32.7 Å². The molecule has 1 saturated heterocycles. The summed E-state index contributed by atoms with van der Waals surface area (Å²) in [5.74, 6) is 0.299. The van der Waals surface area contributed by atoms with Crippen molar-refractivity contribution < 1.29 is 23.8 Å². The highest BCUT2D eigenvalue weighted by Gasteiger charge is 2.42. The lowest BCUT2D eigenvalue weighted by Crippen LogP contribution is -2.38. The van der Waals surface area contributed by atoms with E-state index in [-0.39, 0.29) is 12.5 Å². The number of unbranched alkanes of at least 4 members (excludes halogenated alkanes) is 1. The standard InChI is InChI=1S/C25H26BrNO5S2/c1-4-6-12-32-22-18(26)13-16(14-19(22)30-3)15-20-23(28)27(25(33)34-20)21(24(29)31-5-2)17-10-8-7-9-11-17/h7-11,13-15,21H,4-6,12H2,1-3H3/b20-15-. The molecule has 1 unspecified atom stereocenters. The van der Waals surface area contributed by atoms with Crippen molar-refractivity contribution in [2.75, 3.05) is 20.3 Å². The Morgan fingerprint density at radius 1 is 1.24 bits per heavy atom. The Kier molecular flexibility index (Phi) is 9.55. The molecule has 0 N–H and O–H groups in total. The van der Waals surface area contributed by atoms with E-state index in [1.165, 1.54) is 4.90 Å². The molecule has 1 aliphatic heterocycles. The fourth-order valence-corrected chi connectivity index (χ4v) is 5.27. The SMILES string of the molecule is CCCCOc1c(Br)cc(/C=C2\SC(=S)N(C(C(=O)OCC)c3ccccc3)C2=O)cc1OC. The van der Waals surface area contributed by atoms with Crippen LogP contribution in [-0.4, -0.2) is 41.4 Å². The predicted molar refractivity (Wildman–Crippen MR) is 142 cm³/mol. The molecule has 0 bridgehead atoms. The number of methoxy groups -OCH3 is 1. The lowest BCUT2D eigenvalue weighted by molar-refractivity contribution is -0.151. The summed E-state index contributed by atoms with van der Waals surface area (Å²) in [6.07, 6.45) is 3.69. The number of rotatable bonds is 10. The smallest absolute Gasteiger partial charge is 0.333 e. The van der Waals surface area contributed by atoms with Crippen LogP contribution in [0.5, 0.6) is 11.5 Å². The highest BCUT2D eigenvalue weighted by atomic mass is 79.9. The predicted octanol–water partition coefficient (Wildman–Crippen LogP) is 6.14. The van der Waals surface area contributed by atoms with Gasteiger partial charge in [0, 0.05) is 0 Å². The summed E-state index contributed by atoms with van der Waals surface area (Å²) in [5.41, 5.74) is 1.37. The molecule has 180 valence electrons. The third kappa shape index (κ3) is 6.00. The molecular weight excluding hydrogens is 538 g/mol. The van der Waals surface area contributed by atoms with Gasteiger partial charge < -0.3 is 14.2 Å². The van der Waals surface area contributed by atoms with E-state index in [9.17, 15) is 9.59 Å². The summed E-state index contributed by atoms with van der Waals surface area (Å²) in [4.78, 5) is 28.0. The fraction of sp³-hybridized carbons (Fsp3) is 0.320. The maximum Gasteiger partial charge on any atom is 0.333 e. The van der Waals surface area contributed by atoms with Crippen molar-refractivity contribution in [3.05, 3.63) is 63.0 Å². The Balaban J connectivity index is 1.93. The largest absolute Gasteiger partial charge is 0.493 e. The van der Waals surface area contributed by atoms with Crippen molar-refractivity contribution in [1.29, 1.82) is 0 Å². The minimum atomic E-state index is -0.949. The van der Waals surface area contributed by atoms with Crippen LogP contribution in [0.3, 0.4) is 0 Å². The van der Waals surface area contributed by atoms with E-state index in [0.29, 0.717) is 32.9 Å². The van der Waals surface area contributed by atoms with Crippen LogP contribution in [-0.2, 0) is 14.3 Å². The molecule has 1 amide bonds. The molecule has 0 radical (unpaired) electrons. The third-order valence-electron chi connectivity index (χ3n) is 5.00. The minimum absolute atomic E-state index is 0.202. The van der Waals surface area contributed by atoms with Gasteiger partial charge in [-0.3, -0.25) is 9.69 Å². The van der Waals surface area contributed by atoms with E-state index in [2.05, 4.69) is 22.9 Å². The van der Waals surface area contributed by atoms with Crippen molar-refractivity contribution in [1.82, 2.24) is 4.90 Å². The number of esters is 1. The van der Waals surface area contributed by atoms with Gasteiger partial charge in [-0.15, -0.1) is 0 Å². The van der Waals surface area contributed by atoms with Gasteiger partial charge in [0.05, 0.1) is 29.7 Å². The second kappa shape index (κ2) is 12.4. The number of carbonyl (C=O) groups is 2. The first-order valence-corrected chi connectivity index (χ1v) is 12.9. The highest BCUT2D eigenvalue weighted by Crippen LogP contribution is 2.41. The maximum absolute atomic E-state index is 13.4. The van der Waals surface area contributed by atoms with Crippen molar-refractivity contribution in [3.63, 3.8) is 0 Å². The van der Waals surface area contributed by atoms with Gasteiger partial charge in [0.25, 0.3) is 5.91 Å². The zero-order valence-corrected chi connectivity index (χ0v) is 22.4. The summed E-state index contributed by atoms with van der Waals surface area (Å²) < 4.78 is 17.7. The zero-order valence-electron chi connectivity index (χ0n) is 19.2. The van der Waals surface area contributed by atoms with E-state index in [4.69, 9.17) is 26.4 Å². The second-order valence-electron chi connectivity index (χ2n) is 7.35. The molecule has 2 aromatic carbocycles. The van der Waals surface area contributed by atoms with Crippen molar-refractivity contribution >= 4 is 62.2 Å². The average molecular weight is 565 g/mol. The monoisotopic (exact) mass is 563 g/mol. The number of ether oxygens (including phenoxy) is 3. The van der Waals surface area contributed by atoms with Gasteiger partial charge in [0.1, 0.15) is 4.32 Å². The molecular formula is C25H26BrNO5S2. The van der Waals surface area contributed by atoms with Gasteiger partial charge >= 0.3 is 5.97 Å². The van der Waals surface area contributed by atoms with Crippen LogP contribution in [0, 0.1) is 0 Å². The summed E-state index contributed by atoms with van der Waals surface area (Å²) >= 11 is 10.2. The van der Waals surface area contributed by atoms with Gasteiger partial charge in [0.2, 0.25) is 0 Å². The van der Waals surface area contributed by atoms with Gasteiger partial charge in [-0.1, -0.05) is 67.7 Å². The van der Waals surface area contributed by atoms with Crippen LogP contribution in [0.2, 0.25) is 0 Å². The molecule has 9 heteroatoms. The number of thioether (sulfide) groups is 1. The molecule has 0 aliphatic carbocycles. The lowest BCUT2D eigenvalue weighted by atomic mass is 10.1. The first kappa shape index (κ1) is 26.2. The highest BCUT2D eigenvalue weighted by molar-refractivity contribution is 9.10. The Morgan fingerprint density at radius 3 is 2.62 bits per heavy atom. The van der Waals surface area contributed by atoms with Gasteiger partial charge in [-0.05, 0) is 58.6 Å². The second-order valence-corrected chi connectivity index (χ2v) is 9.88. The number of halogens is 1. The first-order valence-electron chi connectivity index (χ1n) is 10.9. The molecule has 1 atom stereocenters. The summed E-state index contributed by atoms with van der Waals surface area (Å²) in [7, 11) is 1.57. The molecule has 0 spiro atoms. The third-order valence-corrected chi connectivity index (χ3v) is 6.92.